The van der Waals surface area contributed by atoms with Gasteiger partial charge < -0.3 is 10.6 Å². The molecule has 3 rings (SSSR count). The molecule has 1 fully saturated rings. The lowest BCUT2D eigenvalue weighted by Gasteiger charge is -2.23. The van der Waals surface area contributed by atoms with Gasteiger partial charge in [0.05, 0.1) is 17.8 Å². The van der Waals surface area contributed by atoms with Crippen LogP contribution in [0.2, 0.25) is 0 Å². The number of carbonyl (C=O) groups excluding carboxylic acids is 1. The molecule has 7 heteroatoms. The van der Waals surface area contributed by atoms with Crippen LogP contribution in [0.3, 0.4) is 0 Å². The fourth-order valence-electron chi connectivity index (χ4n) is 2.82. The largest absolute Gasteiger partial charge is 0.343 e. The average Bonchev–Trinajstić information content (AvgIpc) is 3.17. The van der Waals surface area contributed by atoms with Crippen molar-refractivity contribution in [3.63, 3.8) is 0 Å². The SMILES string of the molecule is Cc1c(C(=O)NC(C)c2cccs2)nnn1C1CCNCC1. The lowest BCUT2D eigenvalue weighted by molar-refractivity contribution is 0.0934. The van der Waals surface area contributed by atoms with Crippen LogP contribution in [0.5, 0.6) is 0 Å². The zero-order chi connectivity index (χ0) is 15.5. The molecule has 22 heavy (non-hydrogen) atoms. The van der Waals surface area contributed by atoms with Crippen molar-refractivity contribution in [2.75, 3.05) is 13.1 Å². The van der Waals surface area contributed by atoms with Crippen molar-refractivity contribution in [3.05, 3.63) is 33.8 Å². The summed E-state index contributed by atoms with van der Waals surface area (Å²) >= 11 is 1.64. The molecule has 2 aromatic rings. The van der Waals surface area contributed by atoms with Gasteiger partial charge in [0.25, 0.3) is 5.91 Å². The second-order valence-corrected chi connectivity index (χ2v) is 6.64. The Labute approximate surface area is 133 Å². The van der Waals surface area contributed by atoms with Gasteiger partial charge in [-0.1, -0.05) is 11.3 Å². The maximum absolute atomic E-state index is 12.4. The molecule has 1 aliphatic heterocycles. The Morgan fingerprint density at radius 3 is 2.95 bits per heavy atom. The molecule has 1 amide bonds. The summed E-state index contributed by atoms with van der Waals surface area (Å²) in [4.78, 5) is 13.6. The van der Waals surface area contributed by atoms with E-state index in [0.29, 0.717) is 11.7 Å². The summed E-state index contributed by atoms with van der Waals surface area (Å²) in [5, 5.41) is 16.7. The highest BCUT2D eigenvalue weighted by molar-refractivity contribution is 7.10. The Bertz CT molecular complexity index is 630. The topological polar surface area (TPSA) is 71.8 Å². The minimum Gasteiger partial charge on any atom is -0.343 e. The molecule has 2 N–H and O–H groups in total. The van der Waals surface area contributed by atoms with Crippen molar-refractivity contribution < 1.29 is 4.79 Å². The van der Waals surface area contributed by atoms with Crippen LogP contribution in [0.25, 0.3) is 0 Å². The Hall–Kier alpha value is -1.73. The fraction of sp³-hybridized carbons (Fsp3) is 0.533. The molecule has 0 bridgehead atoms. The number of rotatable bonds is 4. The first kappa shape index (κ1) is 15.2. The molecule has 1 atom stereocenters. The van der Waals surface area contributed by atoms with Crippen molar-refractivity contribution in [1.82, 2.24) is 25.6 Å². The van der Waals surface area contributed by atoms with Gasteiger partial charge in [0.2, 0.25) is 0 Å². The van der Waals surface area contributed by atoms with E-state index in [4.69, 9.17) is 0 Å². The molecule has 0 aliphatic carbocycles. The average molecular weight is 319 g/mol. The lowest BCUT2D eigenvalue weighted by atomic mass is 10.1. The van der Waals surface area contributed by atoms with E-state index < -0.39 is 0 Å². The molecule has 0 spiro atoms. The van der Waals surface area contributed by atoms with Gasteiger partial charge in [-0.05, 0) is 51.2 Å². The first-order chi connectivity index (χ1) is 10.7. The molecular formula is C15H21N5OS. The van der Waals surface area contributed by atoms with Crippen LogP contribution in [0.15, 0.2) is 17.5 Å². The van der Waals surface area contributed by atoms with E-state index in [-0.39, 0.29) is 11.9 Å². The molecule has 1 saturated heterocycles. The van der Waals surface area contributed by atoms with Crippen LogP contribution < -0.4 is 10.6 Å². The third-order valence-corrected chi connectivity index (χ3v) is 5.17. The van der Waals surface area contributed by atoms with Crippen LogP contribution in [-0.4, -0.2) is 34.0 Å². The van der Waals surface area contributed by atoms with Crippen molar-refractivity contribution in [2.45, 2.75) is 38.8 Å². The predicted molar refractivity (Wildman–Crippen MR) is 86.1 cm³/mol. The highest BCUT2D eigenvalue weighted by Gasteiger charge is 2.23. The summed E-state index contributed by atoms with van der Waals surface area (Å²) in [5.41, 5.74) is 1.28. The summed E-state index contributed by atoms with van der Waals surface area (Å²) in [6.45, 7) is 5.88. The first-order valence-corrected chi connectivity index (χ1v) is 8.51. The predicted octanol–water partition coefficient (Wildman–Crippen LogP) is 2.06. The van der Waals surface area contributed by atoms with Crippen molar-refractivity contribution in [3.8, 4) is 0 Å². The third kappa shape index (κ3) is 3.05. The zero-order valence-electron chi connectivity index (χ0n) is 12.9. The Morgan fingerprint density at radius 2 is 2.27 bits per heavy atom. The van der Waals surface area contributed by atoms with E-state index in [2.05, 4.69) is 20.9 Å². The Morgan fingerprint density at radius 1 is 1.50 bits per heavy atom. The lowest BCUT2D eigenvalue weighted by Crippen LogP contribution is -2.30. The van der Waals surface area contributed by atoms with E-state index in [9.17, 15) is 4.79 Å². The summed E-state index contributed by atoms with van der Waals surface area (Å²) in [7, 11) is 0. The normalized spacial score (nSPS) is 17.4. The minimum absolute atomic E-state index is 0.0177. The number of amides is 1. The van der Waals surface area contributed by atoms with Gasteiger partial charge in [-0.3, -0.25) is 4.79 Å². The summed E-state index contributed by atoms with van der Waals surface area (Å²) < 4.78 is 1.91. The monoisotopic (exact) mass is 319 g/mol. The maximum Gasteiger partial charge on any atom is 0.274 e. The van der Waals surface area contributed by atoms with Gasteiger partial charge in [0.1, 0.15) is 0 Å². The number of carbonyl (C=O) groups is 1. The van der Waals surface area contributed by atoms with Crippen LogP contribution >= 0.6 is 11.3 Å². The van der Waals surface area contributed by atoms with Crippen molar-refractivity contribution in [1.29, 1.82) is 0 Å². The van der Waals surface area contributed by atoms with Crippen LogP contribution in [-0.2, 0) is 0 Å². The summed E-state index contributed by atoms with van der Waals surface area (Å²) in [5.74, 6) is -0.154. The third-order valence-electron chi connectivity index (χ3n) is 4.11. The quantitative estimate of drug-likeness (QED) is 0.905. The van der Waals surface area contributed by atoms with Crippen LogP contribution in [0, 0.1) is 6.92 Å². The van der Waals surface area contributed by atoms with E-state index in [0.717, 1.165) is 36.5 Å². The Kier molecular flexibility index (Phi) is 4.54. The molecule has 1 aliphatic rings. The molecule has 6 nitrogen and oxygen atoms in total. The summed E-state index contributed by atoms with van der Waals surface area (Å²) in [6.07, 6.45) is 2.05. The van der Waals surface area contributed by atoms with E-state index >= 15 is 0 Å². The number of hydrogen-bond acceptors (Lipinski definition) is 5. The van der Waals surface area contributed by atoms with Crippen molar-refractivity contribution >= 4 is 17.2 Å². The zero-order valence-corrected chi connectivity index (χ0v) is 13.7. The highest BCUT2D eigenvalue weighted by atomic mass is 32.1. The van der Waals surface area contributed by atoms with Gasteiger partial charge in [0, 0.05) is 4.88 Å². The molecule has 0 radical (unpaired) electrons. The smallest absolute Gasteiger partial charge is 0.274 e. The highest BCUT2D eigenvalue weighted by Crippen LogP contribution is 2.21. The molecule has 3 heterocycles. The molecule has 0 saturated carbocycles. The Balaban J connectivity index is 1.71. The van der Waals surface area contributed by atoms with Crippen LogP contribution in [0.1, 0.15) is 52.9 Å². The number of hydrogen-bond donors (Lipinski definition) is 2. The molecule has 1 unspecified atom stereocenters. The first-order valence-electron chi connectivity index (χ1n) is 7.63. The molecule has 0 aromatic carbocycles. The van der Waals surface area contributed by atoms with E-state index in [1.807, 2.05) is 36.0 Å². The van der Waals surface area contributed by atoms with Crippen LogP contribution in [0.4, 0.5) is 0 Å². The van der Waals surface area contributed by atoms with Gasteiger partial charge in [-0.15, -0.1) is 16.4 Å². The van der Waals surface area contributed by atoms with Gasteiger partial charge in [-0.2, -0.15) is 0 Å². The van der Waals surface area contributed by atoms with E-state index in [1.165, 1.54) is 0 Å². The standard InChI is InChI=1S/C15H21N5OS/c1-10(13-4-3-9-22-13)17-15(21)14-11(2)20(19-18-14)12-5-7-16-8-6-12/h3-4,9-10,12,16H,5-8H2,1-2H3,(H,17,21). The maximum atomic E-state index is 12.4. The second kappa shape index (κ2) is 6.58. The number of thiophene rings is 1. The minimum atomic E-state index is -0.154. The second-order valence-electron chi connectivity index (χ2n) is 5.66. The summed E-state index contributed by atoms with van der Waals surface area (Å²) in [6, 6.07) is 4.33. The number of nitrogens with zero attached hydrogens (tertiary/aromatic N) is 3. The molecule has 2 aromatic heterocycles. The molecule has 118 valence electrons. The fourth-order valence-corrected chi connectivity index (χ4v) is 3.56. The molecular weight excluding hydrogens is 298 g/mol. The number of aromatic nitrogens is 3. The van der Waals surface area contributed by atoms with Crippen molar-refractivity contribution in [2.24, 2.45) is 0 Å². The number of nitrogens with one attached hydrogen (secondary N) is 2. The van der Waals surface area contributed by atoms with Gasteiger partial charge in [0.15, 0.2) is 5.69 Å². The van der Waals surface area contributed by atoms with Gasteiger partial charge >= 0.3 is 0 Å². The van der Waals surface area contributed by atoms with Gasteiger partial charge in [-0.25, -0.2) is 4.68 Å². The number of piperidine rings is 1. The van der Waals surface area contributed by atoms with E-state index in [1.54, 1.807) is 11.3 Å².